The maximum atomic E-state index is 6.81. The van der Waals surface area contributed by atoms with Gasteiger partial charge >= 0.3 is 0 Å². The van der Waals surface area contributed by atoms with Crippen molar-refractivity contribution in [2.45, 2.75) is 99.3 Å². The summed E-state index contributed by atoms with van der Waals surface area (Å²) in [7, 11) is 0. The molecule has 3 aromatic carbocycles. The number of ether oxygens (including phenoxy) is 1. The molecule has 7 rings (SSSR count). The number of allylic oxidation sites excluding steroid dienone is 2. The first-order chi connectivity index (χ1) is 24.1. The number of fused-ring (bicyclic) bond motifs is 3. The van der Waals surface area contributed by atoms with Crippen LogP contribution >= 0.6 is 0 Å². The summed E-state index contributed by atoms with van der Waals surface area (Å²) in [6.45, 7) is 18.3. The fourth-order valence-corrected chi connectivity index (χ4v) is 8.16. The molecule has 6 aromatic rings. The van der Waals surface area contributed by atoms with Crippen LogP contribution in [0.4, 0.5) is 0 Å². The molecule has 1 aliphatic rings. The van der Waals surface area contributed by atoms with Gasteiger partial charge in [-0.05, 0) is 111 Å². The van der Waals surface area contributed by atoms with Gasteiger partial charge in [-0.15, -0.1) is 0 Å². The maximum absolute atomic E-state index is 6.81. The molecule has 50 heavy (non-hydrogen) atoms. The van der Waals surface area contributed by atoms with E-state index in [4.69, 9.17) is 14.8 Å². The molecule has 0 bridgehead atoms. The number of para-hydroxylation sites is 1. The van der Waals surface area contributed by atoms with Gasteiger partial charge in [0.1, 0.15) is 17.3 Å². The van der Waals surface area contributed by atoms with Crippen LogP contribution in [0.3, 0.4) is 0 Å². The van der Waals surface area contributed by atoms with Crippen LogP contribution in [0.25, 0.3) is 33.3 Å². The molecule has 3 heterocycles. The summed E-state index contributed by atoms with van der Waals surface area (Å²) in [5.41, 5.74) is 11.2. The topological polar surface area (TPSA) is 44.9 Å². The molecule has 258 valence electrons. The molecule has 0 saturated carbocycles. The summed E-state index contributed by atoms with van der Waals surface area (Å²) in [4.78, 5) is 4.84. The second-order valence-corrected chi connectivity index (χ2v) is 15.3. The van der Waals surface area contributed by atoms with E-state index < -0.39 is 0 Å². The number of nitrogens with zero attached hydrogens (tertiary/aromatic N) is 4. The minimum Gasteiger partial charge on any atom is -0.457 e. The molecule has 0 radical (unpaired) electrons. The number of hydrogen-bond donors (Lipinski definition) is 0. The first-order valence-corrected chi connectivity index (χ1v) is 18.7. The predicted molar refractivity (Wildman–Crippen MR) is 208 cm³/mol. The minimum atomic E-state index is 0.331. The third kappa shape index (κ3) is 6.39. The van der Waals surface area contributed by atoms with Gasteiger partial charge in [-0.25, -0.2) is 9.67 Å². The Morgan fingerprint density at radius 2 is 1.68 bits per heavy atom. The van der Waals surface area contributed by atoms with E-state index in [2.05, 4.69) is 144 Å². The van der Waals surface area contributed by atoms with Crippen molar-refractivity contribution in [2.75, 3.05) is 0 Å². The van der Waals surface area contributed by atoms with Crippen molar-refractivity contribution < 1.29 is 4.74 Å². The average molecular weight is 665 g/mol. The van der Waals surface area contributed by atoms with E-state index in [1.165, 1.54) is 51.6 Å². The minimum absolute atomic E-state index is 0.331. The lowest BCUT2D eigenvalue weighted by atomic mass is 9.74. The Hall–Kier alpha value is -4.64. The molecule has 0 fully saturated rings. The molecule has 5 nitrogen and oxygen atoms in total. The van der Waals surface area contributed by atoms with Gasteiger partial charge in [0.25, 0.3) is 0 Å². The van der Waals surface area contributed by atoms with Gasteiger partial charge in [0.2, 0.25) is 0 Å². The number of rotatable bonds is 10. The molecule has 0 aliphatic heterocycles. The van der Waals surface area contributed by atoms with Crippen LogP contribution < -0.4 is 4.74 Å². The SMILES string of the molecule is CCCc1ccnc(-n2c3ccccc3c3ccc(Oc4cc(C(C)C)cc(-n5nc(C)c(C6C(C)=CCC[C@@H]6C)c5CC(C)C)c4)cc32)c1. The van der Waals surface area contributed by atoms with E-state index in [0.717, 1.165) is 59.0 Å². The second kappa shape index (κ2) is 13.9. The van der Waals surface area contributed by atoms with Crippen molar-refractivity contribution >= 4 is 21.8 Å². The molecule has 2 atom stereocenters. The smallest absolute Gasteiger partial charge is 0.137 e. The number of aromatic nitrogens is 4. The van der Waals surface area contributed by atoms with Crippen LogP contribution in [-0.4, -0.2) is 19.3 Å². The lowest BCUT2D eigenvalue weighted by molar-refractivity contribution is 0.444. The number of hydrogen-bond acceptors (Lipinski definition) is 3. The highest BCUT2D eigenvalue weighted by Crippen LogP contribution is 2.43. The molecule has 0 N–H and O–H groups in total. The van der Waals surface area contributed by atoms with E-state index in [9.17, 15) is 0 Å². The van der Waals surface area contributed by atoms with E-state index in [0.29, 0.717) is 23.7 Å². The Morgan fingerprint density at radius 1 is 0.880 bits per heavy atom. The van der Waals surface area contributed by atoms with Gasteiger partial charge in [-0.1, -0.05) is 77.8 Å². The Kier molecular flexibility index (Phi) is 9.43. The van der Waals surface area contributed by atoms with Gasteiger partial charge < -0.3 is 4.74 Å². The molecule has 5 heteroatoms. The van der Waals surface area contributed by atoms with Crippen molar-refractivity contribution in [3.8, 4) is 23.0 Å². The lowest BCUT2D eigenvalue weighted by Gasteiger charge is -2.30. The van der Waals surface area contributed by atoms with E-state index in [-0.39, 0.29) is 0 Å². The van der Waals surface area contributed by atoms with E-state index in [1.807, 2.05) is 6.20 Å². The highest BCUT2D eigenvalue weighted by atomic mass is 16.5. The number of benzene rings is 3. The fraction of sp³-hybridized carbons (Fsp3) is 0.378. The van der Waals surface area contributed by atoms with Crippen molar-refractivity contribution in [2.24, 2.45) is 11.8 Å². The largest absolute Gasteiger partial charge is 0.457 e. The van der Waals surface area contributed by atoms with E-state index >= 15 is 0 Å². The van der Waals surface area contributed by atoms with Crippen LogP contribution in [0.2, 0.25) is 0 Å². The Bertz CT molecular complexity index is 2200. The molecule has 0 saturated heterocycles. The zero-order chi connectivity index (χ0) is 35.1. The standard InChI is InChI=1S/C45H52N4O/c1-9-13-33-20-21-46-43(23-33)48-40-17-11-10-16-38(40)39-19-18-36(27-41(39)48)50-37-25-34(29(4)5)24-35(26-37)49-42(22-28(2)3)45(32(8)47-49)44-30(6)14-12-15-31(44)7/h10-11,14,16-21,23-29,31,44H,9,12-13,15,22H2,1-8H3/t31-,44?/m0/s1. The predicted octanol–water partition coefficient (Wildman–Crippen LogP) is 12.2. The summed E-state index contributed by atoms with van der Waals surface area (Å²) in [6, 6.07) is 26.1. The molecular formula is C45H52N4O. The summed E-state index contributed by atoms with van der Waals surface area (Å²) in [6.07, 6.45) is 9.87. The molecule has 1 aliphatic carbocycles. The van der Waals surface area contributed by atoms with Gasteiger partial charge in [0.05, 0.1) is 22.4 Å². The molecule has 3 aromatic heterocycles. The van der Waals surface area contributed by atoms with Gasteiger partial charge in [0.15, 0.2) is 0 Å². The number of aryl methyl sites for hydroxylation is 2. The average Bonchev–Trinajstić information content (AvgIpc) is 3.58. The van der Waals surface area contributed by atoms with Crippen LogP contribution in [0.5, 0.6) is 11.5 Å². The first kappa shape index (κ1) is 33.8. The monoisotopic (exact) mass is 664 g/mol. The van der Waals surface area contributed by atoms with Crippen molar-refractivity contribution in [3.05, 3.63) is 119 Å². The van der Waals surface area contributed by atoms with Crippen LogP contribution in [0.1, 0.15) is 108 Å². The zero-order valence-corrected chi connectivity index (χ0v) is 31.1. The molecule has 0 amide bonds. The van der Waals surface area contributed by atoms with Crippen LogP contribution in [-0.2, 0) is 12.8 Å². The van der Waals surface area contributed by atoms with Gasteiger partial charge in [0, 0.05) is 46.3 Å². The van der Waals surface area contributed by atoms with Gasteiger partial charge in [-0.2, -0.15) is 5.10 Å². The molecule has 0 spiro atoms. The van der Waals surface area contributed by atoms with Crippen LogP contribution in [0, 0.1) is 18.8 Å². The Labute approximate surface area is 298 Å². The third-order valence-electron chi connectivity index (χ3n) is 10.6. The van der Waals surface area contributed by atoms with Gasteiger partial charge in [-0.3, -0.25) is 4.57 Å². The van der Waals surface area contributed by atoms with Crippen molar-refractivity contribution in [3.63, 3.8) is 0 Å². The quantitative estimate of drug-likeness (QED) is 0.137. The van der Waals surface area contributed by atoms with Crippen molar-refractivity contribution in [1.29, 1.82) is 0 Å². The molecular weight excluding hydrogens is 613 g/mol. The molecule has 1 unspecified atom stereocenters. The highest BCUT2D eigenvalue weighted by Gasteiger charge is 2.31. The maximum Gasteiger partial charge on any atom is 0.137 e. The lowest BCUT2D eigenvalue weighted by Crippen LogP contribution is -2.18. The van der Waals surface area contributed by atoms with Crippen molar-refractivity contribution in [1.82, 2.24) is 19.3 Å². The first-order valence-electron chi connectivity index (χ1n) is 18.7. The summed E-state index contributed by atoms with van der Waals surface area (Å²) >= 11 is 0. The normalized spacial score (nSPS) is 16.6. The fourth-order valence-electron chi connectivity index (χ4n) is 8.16. The van der Waals surface area contributed by atoms with E-state index in [1.54, 1.807) is 0 Å². The third-order valence-corrected chi connectivity index (χ3v) is 10.6. The second-order valence-electron chi connectivity index (χ2n) is 15.3. The Morgan fingerprint density at radius 3 is 2.44 bits per heavy atom. The highest BCUT2D eigenvalue weighted by molar-refractivity contribution is 6.09. The Balaban J connectivity index is 1.34. The van der Waals surface area contributed by atoms with Crippen LogP contribution in [0.15, 0.2) is 90.6 Å². The summed E-state index contributed by atoms with van der Waals surface area (Å²) in [5, 5.41) is 7.68. The summed E-state index contributed by atoms with van der Waals surface area (Å²) < 4.78 is 11.3. The zero-order valence-electron chi connectivity index (χ0n) is 31.1. The number of pyridine rings is 1. The summed E-state index contributed by atoms with van der Waals surface area (Å²) in [5.74, 6) is 4.40.